The van der Waals surface area contributed by atoms with Crippen LogP contribution in [0.5, 0.6) is 0 Å². The van der Waals surface area contributed by atoms with E-state index in [0.717, 1.165) is 30.7 Å². The van der Waals surface area contributed by atoms with Gasteiger partial charge in [0.25, 0.3) is 0 Å². The fraction of sp³-hybridized carbons (Fsp3) is 0.308. The van der Waals surface area contributed by atoms with Gasteiger partial charge in [-0.15, -0.1) is 0 Å². The van der Waals surface area contributed by atoms with Crippen LogP contribution in [0.25, 0.3) is 0 Å². The van der Waals surface area contributed by atoms with Crippen molar-refractivity contribution in [3.63, 3.8) is 0 Å². The van der Waals surface area contributed by atoms with Crippen LogP contribution in [0.2, 0.25) is 0 Å². The van der Waals surface area contributed by atoms with Gasteiger partial charge in [-0.2, -0.15) is 4.39 Å². The average molecular weight is 276 g/mol. The Labute approximate surface area is 114 Å². The Morgan fingerprint density at radius 3 is 2.95 bits per heavy atom. The van der Waals surface area contributed by atoms with Gasteiger partial charge in [-0.3, -0.25) is 10.1 Å². The standard InChI is InChI=1S/C13H13FN4O2/c14-12-5-9(1-4-13(12)18(19)20)16-7-11-6-15-8-17(11)10-2-3-10/h1,4-6,8,10,16H,2-3,7H2. The third-order valence-electron chi connectivity index (χ3n) is 3.30. The van der Waals surface area contributed by atoms with Crippen molar-refractivity contribution in [2.75, 3.05) is 5.32 Å². The van der Waals surface area contributed by atoms with Crippen LogP contribution >= 0.6 is 0 Å². The second kappa shape index (κ2) is 4.92. The van der Waals surface area contributed by atoms with E-state index in [1.165, 1.54) is 6.07 Å². The molecule has 1 heterocycles. The van der Waals surface area contributed by atoms with Crippen molar-refractivity contribution in [2.24, 2.45) is 0 Å². The lowest BCUT2D eigenvalue weighted by molar-refractivity contribution is -0.387. The number of imidazole rings is 1. The highest BCUT2D eigenvalue weighted by atomic mass is 19.1. The van der Waals surface area contributed by atoms with E-state index in [-0.39, 0.29) is 0 Å². The first-order chi connectivity index (χ1) is 9.65. The van der Waals surface area contributed by atoms with E-state index < -0.39 is 16.4 Å². The molecule has 0 atom stereocenters. The molecule has 104 valence electrons. The number of nitrogens with zero attached hydrogens (tertiary/aromatic N) is 3. The smallest absolute Gasteiger partial charge is 0.304 e. The molecule has 0 unspecified atom stereocenters. The van der Waals surface area contributed by atoms with Gasteiger partial charge in [0.15, 0.2) is 0 Å². The molecule has 0 aliphatic heterocycles. The molecule has 1 N–H and O–H groups in total. The van der Waals surface area contributed by atoms with Crippen molar-refractivity contribution < 1.29 is 9.31 Å². The van der Waals surface area contributed by atoms with E-state index in [1.54, 1.807) is 12.5 Å². The van der Waals surface area contributed by atoms with Crippen molar-refractivity contribution in [3.05, 3.63) is 52.3 Å². The minimum Gasteiger partial charge on any atom is -0.379 e. The van der Waals surface area contributed by atoms with E-state index in [4.69, 9.17) is 0 Å². The predicted molar refractivity (Wildman–Crippen MR) is 70.9 cm³/mol. The maximum absolute atomic E-state index is 13.5. The summed E-state index contributed by atoms with van der Waals surface area (Å²) in [5, 5.41) is 13.6. The molecule has 0 saturated heterocycles. The highest BCUT2D eigenvalue weighted by Gasteiger charge is 2.25. The number of nitro groups is 1. The summed E-state index contributed by atoms with van der Waals surface area (Å²) in [6.45, 7) is 0.508. The number of anilines is 1. The van der Waals surface area contributed by atoms with E-state index in [0.29, 0.717) is 18.3 Å². The van der Waals surface area contributed by atoms with Gasteiger partial charge < -0.3 is 9.88 Å². The molecule has 3 rings (SSSR count). The number of hydrogen-bond donors (Lipinski definition) is 1. The van der Waals surface area contributed by atoms with Gasteiger partial charge in [0.2, 0.25) is 5.82 Å². The normalized spacial score (nSPS) is 14.2. The average Bonchev–Trinajstić information content (AvgIpc) is 3.15. The van der Waals surface area contributed by atoms with Crippen molar-refractivity contribution in [1.82, 2.24) is 9.55 Å². The Morgan fingerprint density at radius 1 is 1.50 bits per heavy atom. The molecule has 1 aromatic heterocycles. The molecular formula is C13H13FN4O2. The third kappa shape index (κ3) is 2.47. The Bertz CT molecular complexity index is 652. The minimum atomic E-state index is -0.837. The van der Waals surface area contributed by atoms with E-state index in [1.807, 2.05) is 0 Å². The summed E-state index contributed by atoms with van der Waals surface area (Å²) in [4.78, 5) is 13.9. The second-order valence-corrected chi connectivity index (χ2v) is 4.80. The lowest BCUT2D eigenvalue weighted by Crippen LogP contribution is -2.06. The van der Waals surface area contributed by atoms with Gasteiger partial charge in [-0.05, 0) is 18.9 Å². The molecule has 20 heavy (non-hydrogen) atoms. The van der Waals surface area contributed by atoms with Crippen LogP contribution in [0, 0.1) is 15.9 Å². The summed E-state index contributed by atoms with van der Waals surface area (Å²) in [5.74, 6) is -0.837. The van der Waals surface area contributed by atoms with Gasteiger partial charge in [0.05, 0.1) is 23.5 Å². The summed E-state index contributed by atoms with van der Waals surface area (Å²) in [6.07, 6.45) is 5.89. The number of hydrogen-bond acceptors (Lipinski definition) is 4. The van der Waals surface area contributed by atoms with Crippen molar-refractivity contribution >= 4 is 11.4 Å². The molecule has 0 radical (unpaired) electrons. The molecule has 0 bridgehead atoms. The van der Waals surface area contributed by atoms with Crippen molar-refractivity contribution in [2.45, 2.75) is 25.4 Å². The quantitative estimate of drug-likeness (QED) is 0.673. The second-order valence-electron chi connectivity index (χ2n) is 4.80. The topological polar surface area (TPSA) is 73.0 Å². The summed E-state index contributed by atoms with van der Waals surface area (Å²) in [7, 11) is 0. The summed E-state index contributed by atoms with van der Waals surface area (Å²) < 4.78 is 15.6. The molecule has 1 aliphatic carbocycles. The maximum Gasteiger partial charge on any atom is 0.304 e. The molecule has 1 aliphatic rings. The monoisotopic (exact) mass is 276 g/mol. The van der Waals surface area contributed by atoms with Gasteiger partial charge in [-0.25, -0.2) is 4.98 Å². The lowest BCUT2D eigenvalue weighted by atomic mass is 10.2. The molecule has 1 aromatic carbocycles. The molecule has 2 aromatic rings. The summed E-state index contributed by atoms with van der Waals surface area (Å²) in [5.41, 5.74) is 1.02. The summed E-state index contributed by atoms with van der Waals surface area (Å²) >= 11 is 0. The number of halogens is 1. The molecular weight excluding hydrogens is 263 g/mol. The van der Waals surface area contributed by atoms with Crippen molar-refractivity contribution in [3.8, 4) is 0 Å². The Balaban J connectivity index is 1.70. The zero-order chi connectivity index (χ0) is 14.1. The summed E-state index contributed by atoms with van der Waals surface area (Å²) in [6, 6.07) is 4.33. The van der Waals surface area contributed by atoms with Gasteiger partial charge in [0, 0.05) is 30.1 Å². The van der Waals surface area contributed by atoms with Gasteiger partial charge >= 0.3 is 5.69 Å². The van der Waals surface area contributed by atoms with E-state index in [9.17, 15) is 14.5 Å². The highest BCUT2D eigenvalue weighted by Crippen LogP contribution is 2.35. The van der Waals surface area contributed by atoms with Crippen LogP contribution < -0.4 is 5.32 Å². The lowest BCUT2D eigenvalue weighted by Gasteiger charge is -2.09. The Hall–Kier alpha value is -2.44. The van der Waals surface area contributed by atoms with Crippen molar-refractivity contribution in [1.29, 1.82) is 0 Å². The molecule has 7 heteroatoms. The minimum absolute atomic E-state index is 0.508. The number of benzene rings is 1. The maximum atomic E-state index is 13.5. The SMILES string of the molecule is O=[N+]([O-])c1ccc(NCc2cncn2C2CC2)cc1F. The molecule has 1 saturated carbocycles. The fourth-order valence-electron chi connectivity index (χ4n) is 2.11. The van der Waals surface area contributed by atoms with Crippen LogP contribution in [-0.4, -0.2) is 14.5 Å². The molecule has 1 fully saturated rings. The highest BCUT2D eigenvalue weighted by molar-refractivity contribution is 5.49. The fourth-order valence-corrected chi connectivity index (χ4v) is 2.11. The van der Waals surface area contributed by atoms with Crippen LogP contribution in [0.4, 0.5) is 15.8 Å². The zero-order valence-electron chi connectivity index (χ0n) is 10.6. The van der Waals surface area contributed by atoms with Crippen LogP contribution in [0.3, 0.4) is 0 Å². The zero-order valence-corrected chi connectivity index (χ0v) is 10.6. The molecule has 6 nitrogen and oxygen atoms in total. The van der Waals surface area contributed by atoms with E-state index >= 15 is 0 Å². The van der Waals surface area contributed by atoms with Crippen LogP contribution in [0.1, 0.15) is 24.6 Å². The first kappa shape index (κ1) is 12.6. The first-order valence-corrected chi connectivity index (χ1v) is 6.33. The number of nitro benzene ring substituents is 1. The van der Waals surface area contributed by atoms with E-state index in [2.05, 4.69) is 14.9 Å². The predicted octanol–water partition coefficient (Wildman–Crippen LogP) is 2.88. The Kier molecular flexibility index (Phi) is 3.09. The first-order valence-electron chi connectivity index (χ1n) is 6.33. The van der Waals surface area contributed by atoms with Gasteiger partial charge in [0.1, 0.15) is 0 Å². The third-order valence-corrected chi connectivity index (χ3v) is 3.30. The Morgan fingerprint density at radius 2 is 2.30 bits per heavy atom. The molecule has 0 spiro atoms. The number of rotatable bonds is 5. The van der Waals surface area contributed by atoms with Crippen LogP contribution in [0.15, 0.2) is 30.7 Å². The van der Waals surface area contributed by atoms with Gasteiger partial charge in [-0.1, -0.05) is 0 Å². The van der Waals surface area contributed by atoms with Crippen LogP contribution in [-0.2, 0) is 6.54 Å². The number of nitrogens with one attached hydrogen (secondary N) is 1. The molecule has 0 amide bonds. The number of aromatic nitrogens is 2. The largest absolute Gasteiger partial charge is 0.379 e.